The standard InChI is InChI=1S/C11H12ClNO2/c1-3-5-8(4-2)13-11(14)9-6-7-15-10(9)12/h1,6-8H,4-5H2,2H3,(H,13,14). The van der Waals surface area contributed by atoms with Crippen LogP contribution in [-0.2, 0) is 0 Å². The van der Waals surface area contributed by atoms with Crippen molar-refractivity contribution in [3.05, 3.63) is 23.1 Å². The third-order valence-electron chi connectivity index (χ3n) is 2.05. The maximum atomic E-state index is 11.6. The second-order valence-electron chi connectivity index (χ2n) is 3.09. The molecule has 0 aromatic carbocycles. The van der Waals surface area contributed by atoms with Gasteiger partial charge >= 0.3 is 0 Å². The van der Waals surface area contributed by atoms with E-state index in [1.54, 1.807) is 0 Å². The van der Waals surface area contributed by atoms with E-state index in [9.17, 15) is 4.79 Å². The normalized spacial score (nSPS) is 11.8. The molecule has 0 radical (unpaired) electrons. The van der Waals surface area contributed by atoms with Crippen molar-refractivity contribution in [2.45, 2.75) is 25.8 Å². The first-order valence-corrected chi connectivity index (χ1v) is 5.04. The number of carbonyl (C=O) groups excluding carboxylic acids is 1. The van der Waals surface area contributed by atoms with Gasteiger partial charge in [-0.05, 0) is 24.1 Å². The molecule has 4 heteroatoms. The molecule has 1 unspecified atom stereocenters. The van der Waals surface area contributed by atoms with Crippen molar-refractivity contribution in [1.29, 1.82) is 0 Å². The second kappa shape index (κ2) is 5.47. The molecule has 1 N–H and O–H groups in total. The number of hydrogen-bond acceptors (Lipinski definition) is 2. The van der Waals surface area contributed by atoms with Crippen molar-refractivity contribution in [3.8, 4) is 12.3 Å². The van der Waals surface area contributed by atoms with Gasteiger partial charge in [-0.15, -0.1) is 12.3 Å². The van der Waals surface area contributed by atoms with Crippen LogP contribution >= 0.6 is 11.6 Å². The molecule has 1 heterocycles. The molecule has 0 spiro atoms. The summed E-state index contributed by atoms with van der Waals surface area (Å²) in [6.45, 7) is 1.96. The molecular formula is C11H12ClNO2. The summed E-state index contributed by atoms with van der Waals surface area (Å²) in [6, 6.07) is 1.51. The van der Waals surface area contributed by atoms with Gasteiger partial charge in [0.05, 0.1) is 11.8 Å². The smallest absolute Gasteiger partial charge is 0.256 e. The molecule has 3 nitrogen and oxygen atoms in total. The predicted molar refractivity (Wildman–Crippen MR) is 58.7 cm³/mol. The van der Waals surface area contributed by atoms with Crippen molar-refractivity contribution in [3.63, 3.8) is 0 Å². The number of halogens is 1. The highest BCUT2D eigenvalue weighted by atomic mass is 35.5. The Bertz CT molecular complexity index is 378. The van der Waals surface area contributed by atoms with Gasteiger partial charge in [-0.1, -0.05) is 6.92 Å². The quantitative estimate of drug-likeness (QED) is 0.800. The molecular weight excluding hydrogens is 214 g/mol. The van der Waals surface area contributed by atoms with E-state index < -0.39 is 0 Å². The van der Waals surface area contributed by atoms with Crippen molar-refractivity contribution in [2.75, 3.05) is 0 Å². The fourth-order valence-electron chi connectivity index (χ4n) is 1.16. The van der Waals surface area contributed by atoms with Crippen LogP contribution in [0.2, 0.25) is 5.22 Å². The minimum atomic E-state index is -0.254. The highest BCUT2D eigenvalue weighted by Crippen LogP contribution is 2.16. The first-order chi connectivity index (χ1) is 7.19. The number of hydrogen-bond donors (Lipinski definition) is 1. The van der Waals surface area contributed by atoms with Gasteiger partial charge in [0.1, 0.15) is 0 Å². The maximum Gasteiger partial charge on any atom is 0.256 e. The minimum Gasteiger partial charge on any atom is -0.452 e. The molecule has 0 aliphatic carbocycles. The van der Waals surface area contributed by atoms with Gasteiger partial charge in [-0.2, -0.15) is 0 Å². The van der Waals surface area contributed by atoms with Crippen LogP contribution in [0.1, 0.15) is 30.1 Å². The van der Waals surface area contributed by atoms with E-state index in [0.717, 1.165) is 6.42 Å². The Labute approximate surface area is 93.8 Å². The fraction of sp³-hybridized carbons (Fsp3) is 0.364. The van der Waals surface area contributed by atoms with Gasteiger partial charge in [0, 0.05) is 12.5 Å². The second-order valence-corrected chi connectivity index (χ2v) is 3.44. The first-order valence-electron chi connectivity index (χ1n) is 4.66. The molecule has 1 atom stereocenters. The van der Waals surface area contributed by atoms with Crippen LogP contribution < -0.4 is 5.32 Å². The monoisotopic (exact) mass is 225 g/mol. The van der Waals surface area contributed by atoms with Crippen LogP contribution in [0.25, 0.3) is 0 Å². The van der Waals surface area contributed by atoms with Crippen LogP contribution in [0.5, 0.6) is 0 Å². The Morgan fingerprint density at radius 2 is 2.53 bits per heavy atom. The molecule has 1 aromatic rings. The number of rotatable bonds is 4. The highest BCUT2D eigenvalue weighted by Gasteiger charge is 2.15. The van der Waals surface area contributed by atoms with Gasteiger partial charge in [0.15, 0.2) is 0 Å². The summed E-state index contributed by atoms with van der Waals surface area (Å²) in [7, 11) is 0. The van der Waals surface area contributed by atoms with E-state index in [1.165, 1.54) is 12.3 Å². The summed E-state index contributed by atoms with van der Waals surface area (Å²) in [5.74, 6) is 2.26. The molecule has 0 aliphatic heterocycles. The summed E-state index contributed by atoms with van der Waals surface area (Å²) >= 11 is 5.67. The lowest BCUT2D eigenvalue weighted by molar-refractivity contribution is 0.0936. The zero-order valence-electron chi connectivity index (χ0n) is 8.42. The lowest BCUT2D eigenvalue weighted by atomic mass is 10.1. The highest BCUT2D eigenvalue weighted by molar-refractivity contribution is 6.32. The fourth-order valence-corrected chi connectivity index (χ4v) is 1.36. The van der Waals surface area contributed by atoms with Crippen LogP contribution in [0.15, 0.2) is 16.7 Å². The average molecular weight is 226 g/mol. The van der Waals surface area contributed by atoms with Gasteiger partial charge < -0.3 is 9.73 Å². The van der Waals surface area contributed by atoms with Gasteiger partial charge in [0.2, 0.25) is 5.22 Å². The van der Waals surface area contributed by atoms with Crippen molar-refractivity contribution in [2.24, 2.45) is 0 Å². The van der Waals surface area contributed by atoms with Crippen LogP contribution in [0, 0.1) is 12.3 Å². The van der Waals surface area contributed by atoms with Gasteiger partial charge in [-0.3, -0.25) is 4.79 Å². The van der Waals surface area contributed by atoms with Crippen molar-refractivity contribution >= 4 is 17.5 Å². The van der Waals surface area contributed by atoms with Crippen LogP contribution in [-0.4, -0.2) is 11.9 Å². The predicted octanol–water partition coefficient (Wildman–Crippen LogP) is 2.46. The topological polar surface area (TPSA) is 42.2 Å². The molecule has 0 saturated heterocycles. The molecule has 0 fully saturated rings. The molecule has 80 valence electrons. The Morgan fingerprint density at radius 3 is 3.00 bits per heavy atom. The molecule has 1 rings (SSSR count). The zero-order valence-corrected chi connectivity index (χ0v) is 9.17. The lowest BCUT2D eigenvalue weighted by Crippen LogP contribution is -2.33. The maximum absolute atomic E-state index is 11.6. The first kappa shape index (κ1) is 11.7. The molecule has 1 aromatic heterocycles. The molecule has 0 aliphatic rings. The Kier molecular flexibility index (Phi) is 4.26. The van der Waals surface area contributed by atoms with Crippen LogP contribution in [0.4, 0.5) is 0 Å². The Hall–Kier alpha value is -1.40. The average Bonchev–Trinajstić information content (AvgIpc) is 2.63. The largest absolute Gasteiger partial charge is 0.452 e. The number of terminal acetylenes is 1. The lowest BCUT2D eigenvalue weighted by Gasteiger charge is -2.13. The van der Waals surface area contributed by atoms with Crippen molar-refractivity contribution in [1.82, 2.24) is 5.32 Å². The Balaban J connectivity index is 2.63. The summed E-state index contributed by atoms with van der Waals surface area (Å²) < 4.78 is 4.83. The third-order valence-corrected chi connectivity index (χ3v) is 2.35. The van der Waals surface area contributed by atoms with E-state index >= 15 is 0 Å². The van der Waals surface area contributed by atoms with E-state index in [-0.39, 0.29) is 17.2 Å². The summed E-state index contributed by atoms with van der Waals surface area (Å²) in [5.41, 5.74) is 0.340. The summed E-state index contributed by atoms with van der Waals surface area (Å²) in [4.78, 5) is 11.6. The summed E-state index contributed by atoms with van der Waals surface area (Å²) in [5, 5.41) is 2.89. The number of carbonyl (C=O) groups is 1. The van der Waals surface area contributed by atoms with Crippen LogP contribution in [0.3, 0.4) is 0 Å². The SMILES string of the molecule is C#CCC(CC)NC(=O)c1ccoc1Cl. The number of amides is 1. The molecule has 1 amide bonds. The minimum absolute atomic E-state index is 0.0199. The van der Waals surface area contributed by atoms with E-state index in [4.69, 9.17) is 22.4 Å². The van der Waals surface area contributed by atoms with E-state index in [1.807, 2.05) is 6.92 Å². The zero-order chi connectivity index (χ0) is 11.3. The van der Waals surface area contributed by atoms with Gasteiger partial charge in [-0.25, -0.2) is 0 Å². The van der Waals surface area contributed by atoms with E-state index in [0.29, 0.717) is 12.0 Å². The Morgan fingerprint density at radius 1 is 1.80 bits per heavy atom. The van der Waals surface area contributed by atoms with Gasteiger partial charge in [0.25, 0.3) is 5.91 Å². The molecule has 15 heavy (non-hydrogen) atoms. The van der Waals surface area contributed by atoms with Crippen molar-refractivity contribution < 1.29 is 9.21 Å². The van der Waals surface area contributed by atoms with E-state index in [2.05, 4.69) is 11.2 Å². The number of furan rings is 1. The molecule has 0 saturated carbocycles. The summed E-state index contributed by atoms with van der Waals surface area (Å²) in [6.07, 6.45) is 7.85. The third kappa shape index (κ3) is 3.03. The molecule has 0 bridgehead atoms. The number of nitrogens with one attached hydrogen (secondary N) is 1.